The summed E-state index contributed by atoms with van der Waals surface area (Å²) < 4.78 is 52.3. The Kier molecular flexibility index (Phi) is 35.4. The van der Waals surface area contributed by atoms with E-state index in [1.54, 1.807) is 46.8 Å². The molecular weight excluding hydrogens is 1420 g/mol. The highest BCUT2D eigenvalue weighted by Gasteiger charge is 2.46. The number of ether oxygens (including phenoxy) is 4. The van der Waals surface area contributed by atoms with Gasteiger partial charge in [0.1, 0.15) is 35.5 Å². The van der Waals surface area contributed by atoms with E-state index in [2.05, 4.69) is 146 Å². The summed E-state index contributed by atoms with van der Waals surface area (Å²) in [5, 5.41) is 24.5. The quantitative estimate of drug-likeness (QED) is 0.0326. The molecule has 0 bridgehead atoms. The van der Waals surface area contributed by atoms with Gasteiger partial charge in [0.2, 0.25) is 0 Å². The molecule has 1 saturated carbocycles. The van der Waals surface area contributed by atoms with Crippen LogP contribution in [-0.4, -0.2) is 137 Å². The number of aryl methyl sites for hydroxylation is 8. The zero-order valence-corrected chi connectivity index (χ0v) is 72.5. The first-order valence-electron chi connectivity index (χ1n) is 41.0. The molecule has 19 nitrogen and oxygen atoms in total. The molecule has 4 aliphatic heterocycles. The molecule has 111 heavy (non-hydrogen) atoms. The third-order valence-electron chi connectivity index (χ3n) is 23.0. The number of piperidine rings is 2. The van der Waals surface area contributed by atoms with Crippen LogP contribution < -0.4 is 16.4 Å². The molecule has 2 saturated heterocycles. The van der Waals surface area contributed by atoms with E-state index in [9.17, 15) is 37.5 Å². The lowest BCUT2D eigenvalue weighted by atomic mass is 9.63. The molecule has 10 rings (SSSR count). The summed E-state index contributed by atoms with van der Waals surface area (Å²) in [6.07, 6.45) is 10.3. The smallest absolute Gasteiger partial charge is 0.408 e. The molecule has 0 spiro atoms. The molecule has 3 fully saturated rings. The lowest BCUT2D eigenvalue weighted by Crippen LogP contribution is -2.68. The summed E-state index contributed by atoms with van der Waals surface area (Å²) in [5.41, 5.74) is 20.8. The predicted octanol–water partition coefficient (Wildman–Crippen LogP) is 17.4. The summed E-state index contributed by atoms with van der Waals surface area (Å²) in [5.74, 6) is 2.68. The molecule has 4 aromatic carbocycles. The average molecular weight is 1570 g/mol. The monoisotopic (exact) mass is 1570 g/mol. The first-order chi connectivity index (χ1) is 51.0. The zero-order valence-electron chi connectivity index (χ0n) is 71.7. The number of hydrogen-bond donors (Lipinski definition) is 6. The molecule has 0 radical (unpaired) electrons. The molecule has 4 aromatic rings. The van der Waals surface area contributed by atoms with Gasteiger partial charge >= 0.3 is 30.1 Å². The van der Waals surface area contributed by atoms with Crippen LogP contribution in [0.4, 0.5) is 9.59 Å². The van der Waals surface area contributed by atoms with Gasteiger partial charge in [-0.15, -0.1) is 0 Å². The molecule has 13 atom stereocenters. The Balaban J connectivity index is 0.000000261. The Labute approximate surface area is 668 Å². The maximum Gasteiger partial charge on any atom is 0.408 e. The Bertz CT molecular complexity index is 3840. The fourth-order valence-electron chi connectivity index (χ4n) is 16.7. The number of fused-ring (bicyclic) bond motifs is 9. The maximum atomic E-state index is 13.4. The topological polar surface area (TPSA) is 275 Å². The van der Waals surface area contributed by atoms with Crippen molar-refractivity contribution in [1.29, 1.82) is 0 Å². The molecule has 2 aliphatic carbocycles. The van der Waals surface area contributed by atoms with Crippen molar-refractivity contribution in [2.24, 2.45) is 59.2 Å². The molecule has 1 unspecified atom stereocenters. The molecule has 4 heterocycles. The van der Waals surface area contributed by atoms with Crippen LogP contribution in [0, 0.1) is 108 Å². The van der Waals surface area contributed by atoms with Crippen molar-refractivity contribution in [1.82, 2.24) is 20.4 Å². The van der Waals surface area contributed by atoms with E-state index in [1.807, 2.05) is 55.4 Å². The first kappa shape index (κ1) is 95.2. The van der Waals surface area contributed by atoms with Crippen molar-refractivity contribution in [2.45, 2.75) is 322 Å². The van der Waals surface area contributed by atoms with Gasteiger partial charge in [-0.1, -0.05) is 145 Å². The van der Waals surface area contributed by atoms with Gasteiger partial charge in [-0.3, -0.25) is 14.4 Å². The van der Waals surface area contributed by atoms with Crippen molar-refractivity contribution in [2.75, 3.05) is 26.2 Å². The number of benzene rings is 4. The number of aliphatic hydroxyl groups is 1. The van der Waals surface area contributed by atoms with Crippen molar-refractivity contribution >= 4 is 40.2 Å². The van der Waals surface area contributed by atoms with Crippen molar-refractivity contribution in [3.63, 3.8) is 0 Å². The molecular formula is C91H146N5O14S+. The average Bonchev–Trinajstić information content (AvgIpc) is 0.776. The Morgan fingerprint density at radius 1 is 0.523 bits per heavy atom. The third kappa shape index (κ3) is 28.2. The number of carbonyl (C=O) groups excluding carboxylic acids is 4. The van der Waals surface area contributed by atoms with E-state index in [0.717, 1.165) is 89.0 Å². The Morgan fingerprint density at radius 2 is 0.919 bits per heavy atom. The van der Waals surface area contributed by atoms with E-state index >= 15 is 0 Å². The van der Waals surface area contributed by atoms with Crippen molar-refractivity contribution in [3.05, 3.63) is 133 Å². The second-order valence-corrected chi connectivity index (χ2v) is 38.6. The molecule has 0 aromatic heterocycles. The number of hydrogen-bond acceptors (Lipinski definition) is 14. The summed E-state index contributed by atoms with van der Waals surface area (Å²) in [6.45, 7) is 54.7. The van der Waals surface area contributed by atoms with Crippen molar-refractivity contribution in [3.8, 4) is 0 Å². The molecule has 8 N–H and O–H groups in total. The SMILES string of the molecule is C.CC(C)[C@H](NC(=O)OC(C)(C)C)C(=O)O.Cc1cc2c(cc1C)[C@H]1C[C@@H](O)[C@H](CC(C)C)CN1CC2.Cc1cc2c(cc1C)[C@H]1C[C@@H](OC(=O)[C@@H](NC(=O)OC(C)(C)C)C(C)C)[C@H](CC(C)C)CN1CC2.Cc1cc2c(cc1C)[C@H]1C[C@@H](OC(=O)[C@@H]([NH3+])C(C)C)[C@H](CC(C)C)CC1CC2.Cc1ccc(S(=O)(=O)O)cc1. The molecule has 20 heteroatoms. The highest BCUT2D eigenvalue weighted by molar-refractivity contribution is 7.85. The van der Waals surface area contributed by atoms with Crippen LogP contribution in [-0.2, 0) is 62.7 Å². The zero-order chi connectivity index (χ0) is 82.5. The number of nitrogens with one attached hydrogen (secondary N) is 2. The second-order valence-electron chi connectivity index (χ2n) is 37.2. The van der Waals surface area contributed by atoms with E-state index in [0.29, 0.717) is 41.5 Å². The Morgan fingerprint density at radius 3 is 1.35 bits per heavy atom. The number of esters is 2. The normalized spacial score (nSPS) is 23.0. The number of carbonyl (C=O) groups is 5. The highest BCUT2D eigenvalue weighted by Crippen LogP contribution is 2.50. The minimum absolute atomic E-state index is 0. The van der Waals surface area contributed by atoms with Crippen LogP contribution in [0.5, 0.6) is 0 Å². The van der Waals surface area contributed by atoms with Gasteiger partial charge in [0, 0.05) is 56.5 Å². The van der Waals surface area contributed by atoms with Crippen LogP contribution in [0.2, 0.25) is 0 Å². The number of carboxylic acids is 1. The van der Waals surface area contributed by atoms with Crippen LogP contribution >= 0.6 is 0 Å². The van der Waals surface area contributed by atoms with Gasteiger partial charge in [-0.25, -0.2) is 24.0 Å². The van der Waals surface area contributed by atoms with Gasteiger partial charge in [-0.05, 0) is 286 Å². The van der Waals surface area contributed by atoms with Gasteiger partial charge in [0.25, 0.3) is 10.1 Å². The van der Waals surface area contributed by atoms with E-state index in [-0.39, 0.29) is 78.3 Å². The standard InChI is InChI=1S/C29H46N2O4.C25H39NO2.C19H29NO.C10H19NO4.C7H8O3S.CH4/c1-17(2)12-22-16-31-11-10-21-13-19(5)20(6)14-23(21)24(31)15-25(22)34-27(32)26(18(3)4)30-28(33)35-29(7,8)9;1-14(2)9-20-12-19-8-7-18-10-16(5)17(6)11-21(18)22(19)13-23(20)28-25(27)24(26)15(3)4;1-12(2)7-16-11-20-6-5-15-8-13(3)14(4)9-17(15)18(20)10-19(16)21;1-6(2)7(8(12)13)11-9(14)15-10(3,4)5;1-6-2-4-7(5-3-6)11(8,9)10;/h13-14,17-18,22,24-26H,10-12,15-16H2,1-9H3,(H,30,33);10-11,14-15,19-20,22-24H,7-9,12-13,26H2,1-6H3;8-9,12,16,18-19,21H,5-7,10-11H2,1-4H3;6-7H,1-5H3,(H,11,14)(H,12,13);2-5H,1H3,(H,8,9,10);1H4/p+1/t22-,24-,25-,26+;19?,20-,22+,23-,24+;16-,18-,19-;7-;;/m1110../s1. The first-order valence-corrected chi connectivity index (χ1v) is 42.4. The summed E-state index contributed by atoms with van der Waals surface area (Å²) in [4.78, 5) is 65.7. The fraction of sp³-hybridized carbons (Fsp3) is 0.681. The number of quaternary nitrogens is 1. The number of amides is 2. The van der Waals surface area contributed by atoms with Crippen LogP contribution in [0.1, 0.15) is 274 Å². The summed E-state index contributed by atoms with van der Waals surface area (Å²) in [7, 11) is -4.02. The number of carboxylic acid groups (broad SMARTS) is 1. The second kappa shape index (κ2) is 41.2. The molecule has 624 valence electrons. The van der Waals surface area contributed by atoms with Crippen LogP contribution in [0.25, 0.3) is 0 Å². The number of alkyl carbamates (subject to hydrolysis) is 2. The fourth-order valence-corrected chi connectivity index (χ4v) is 17.2. The van der Waals surface area contributed by atoms with E-state index < -0.39 is 51.6 Å². The van der Waals surface area contributed by atoms with E-state index in [1.165, 1.54) is 98.2 Å². The number of nitrogens with zero attached hydrogens (tertiary/aromatic N) is 2. The maximum absolute atomic E-state index is 13.4. The van der Waals surface area contributed by atoms with Crippen LogP contribution in [0.3, 0.4) is 0 Å². The van der Waals surface area contributed by atoms with Crippen LogP contribution in [0.15, 0.2) is 65.6 Å². The largest absolute Gasteiger partial charge is 0.480 e. The number of aliphatic hydroxyl groups excluding tert-OH is 1. The van der Waals surface area contributed by atoms with Gasteiger partial charge < -0.3 is 45.5 Å². The number of aliphatic carboxylic acids is 1. The van der Waals surface area contributed by atoms with E-state index in [4.69, 9.17) is 28.6 Å². The number of rotatable bonds is 17. The minimum Gasteiger partial charge on any atom is -0.480 e. The molecule has 6 aliphatic rings. The lowest BCUT2D eigenvalue weighted by molar-refractivity contribution is -0.419. The Hall–Kier alpha value is -6.42. The molecule has 2 amide bonds. The van der Waals surface area contributed by atoms with Gasteiger partial charge in [0.15, 0.2) is 6.04 Å². The van der Waals surface area contributed by atoms with Crippen molar-refractivity contribution < 1.29 is 71.8 Å². The lowest BCUT2D eigenvalue weighted by Gasteiger charge is -2.47. The minimum atomic E-state index is -4.02. The van der Waals surface area contributed by atoms with Gasteiger partial charge in [-0.2, -0.15) is 8.42 Å². The van der Waals surface area contributed by atoms with Gasteiger partial charge in [0.05, 0.1) is 11.0 Å². The predicted molar refractivity (Wildman–Crippen MR) is 444 cm³/mol. The summed E-state index contributed by atoms with van der Waals surface area (Å²) in [6, 6.07) is 19.0. The highest BCUT2D eigenvalue weighted by atomic mass is 32.2. The summed E-state index contributed by atoms with van der Waals surface area (Å²) >= 11 is 0. The third-order valence-corrected chi connectivity index (χ3v) is 23.9.